The van der Waals surface area contributed by atoms with E-state index in [1.54, 1.807) is 7.11 Å². The Balaban J connectivity index is 1.51. The van der Waals surface area contributed by atoms with E-state index in [1.807, 2.05) is 24.3 Å². The number of aliphatic carboxylic acids is 1. The van der Waals surface area contributed by atoms with Gasteiger partial charge in [0.2, 0.25) is 0 Å². The third-order valence-electron chi connectivity index (χ3n) is 8.51. The van der Waals surface area contributed by atoms with Crippen LogP contribution in [0.2, 0.25) is 5.02 Å². The molecule has 5 rings (SSSR count). The fourth-order valence-electron chi connectivity index (χ4n) is 6.95. The van der Waals surface area contributed by atoms with Crippen LogP contribution < -0.4 is 10.1 Å². The molecule has 3 aliphatic rings. The van der Waals surface area contributed by atoms with Crippen LogP contribution in [0.1, 0.15) is 62.5 Å². The van der Waals surface area contributed by atoms with Gasteiger partial charge in [0.05, 0.1) is 7.11 Å². The van der Waals surface area contributed by atoms with E-state index in [0.29, 0.717) is 17.9 Å². The monoisotopic (exact) mass is 439 g/mol. The van der Waals surface area contributed by atoms with Crippen molar-refractivity contribution >= 4 is 23.3 Å². The molecule has 0 amide bonds. The Labute approximate surface area is 189 Å². The minimum atomic E-state index is -0.961. The average molecular weight is 440 g/mol. The first-order valence-electron chi connectivity index (χ1n) is 11.4. The van der Waals surface area contributed by atoms with E-state index in [-0.39, 0.29) is 10.8 Å². The van der Waals surface area contributed by atoms with Crippen LogP contribution in [0.5, 0.6) is 5.75 Å². The maximum atomic E-state index is 12.5. The summed E-state index contributed by atoms with van der Waals surface area (Å²) in [5, 5.41) is 14.2. The predicted octanol–water partition coefficient (Wildman–Crippen LogP) is 6.21. The van der Waals surface area contributed by atoms with E-state index in [0.717, 1.165) is 30.7 Å². The molecule has 164 valence electrons. The van der Waals surface area contributed by atoms with Gasteiger partial charge in [-0.25, -0.2) is 4.79 Å². The van der Waals surface area contributed by atoms with E-state index < -0.39 is 11.5 Å². The summed E-state index contributed by atoms with van der Waals surface area (Å²) >= 11 is 6.15. The normalized spacial score (nSPS) is 28.6. The number of hydrogen-bond donors (Lipinski definition) is 2. The molecule has 2 aromatic carbocycles. The molecule has 4 nitrogen and oxygen atoms in total. The summed E-state index contributed by atoms with van der Waals surface area (Å²) < 4.78 is 5.57. The highest BCUT2D eigenvalue weighted by Crippen LogP contribution is 2.66. The van der Waals surface area contributed by atoms with Crippen LogP contribution in [0.3, 0.4) is 0 Å². The zero-order chi connectivity index (χ0) is 21.7. The Bertz CT molecular complexity index is 1000. The van der Waals surface area contributed by atoms with Crippen LogP contribution in [0.25, 0.3) is 0 Å². The molecular formula is C26H30ClNO3. The summed E-state index contributed by atoms with van der Waals surface area (Å²) in [7, 11) is 1.72. The first-order chi connectivity index (χ1) is 14.9. The molecule has 2 aromatic rings. The van der Waals surface area contributed by atoms with Crippen molar-refractivity contribution in [3.8, 4) is 5.75 Å². The average Bonchev–Trinajstić information content (AvgIpc) is 3.33. The third-order valence-corrected chi connectivity index (χ3v) is 8.75. The first kappa shape index (κ1) is 20.7. The number of hydrogen-bond acceptors (Lipinski definition) is 3. The number of carboxylic acids is 1. The van der Waals surface area contributed by atoms with Crippen molar-refractivity contribution in [3.63, 3.8) is 0 Å². The molecule has 2 fully saturated rings. The fraction of sp³-hybridized carbons (Fsp3) is 0.500. The predicted molar refractivity (Wildman–Crippen MR) is 123 cm³/mol. The molecule has 5 heteroatoms. The fourth-order valence-corrected chi connectivity index (χ4v) is 7.14. The lowest BCUT2D eigenvalue weighted by Gasteiger charge is -2.51. The number of benzene rings is 2. The van der Waals surface area contributed by atoms with Crippen molar-refractivity contribution in [2.75, 3.05) is 12.4 Å². The van der Waals surface area contributed by atoms with Gasteiger partial charge < -0.3 is 15.2 Å². The molecule has 0 radical (unpaired) electrons. The molecule has 2 spiro atoms. The van der Waals surface area contributed by atoms with E-state index >= 15 is 0 Å². The molecule has 31 heavy (non-hydrogen) atoms. The molecule has 0 atom stereocenters. The number of methoxy groups -OCH3 is 1. The number of carbonyl (C=O) groups is 1. The van der Waals surface area contributed by atoms with Crippen LogP contribution in [0.4, 0.5) is 5.69 Å². The highest BCUT2D eigenvalue weighted by molar-refractivity contribution is 6.30. The van der Waals surface area contributed by atoms with Crippen LogP contribution in [0, 0.1) is 5.41 Å². The van der Waals surface area contributed by atoms with Gasteiger partial charge in [-0.1, -0.05) is 36.6 Å². The smallest absolute Gasteiger partial charge is 0.329 e. The summed E-state index contributed by atoms with van der Waals surface area (Å²) in [5.41, 5.74) is 2.97. The Kier molecular flexibility index (Phi) is 4.97. The van der Waals surface area contributed by atoms with Crippen LogP contribution in [-0.4, -0.2) is 23.7 Å². The standard InChI is InChI=1S/C26H30ClNO3/c1-31-21-8-7-18-17-24(9-2-3-10-24)25(22(18)16-21)11-13-26(14-12-25,23(29)30)28-20-6-4-5-19(27)15-20/h4-8,15-16,28H,2-3,9-14,17H2,1H3,(H,29,30). The molecule has 0 aliphatic heterocycles. The van der Waals surface area contributed by atoms with Crippen molar-refractivity contribution in [2.45, 2.75) is 68.7 Å². The van der Waals surface area contributed by atoms with Gasteiger partial charge in [0, 0.05) is 16.1 Å². The molecule has 0 heterocycles. The number of nitrogens with one attached hydrogen (secondary N) is 1. The molecule has 3 aliphatic carbocycles. The van der Waals surface area contributed by atoms with Gasteiger partial charge in [-0.2, -0.15) is 0 Å². The maximum Gasteiger partial charge on any atom is 0.329 e. The number of halogens is 1. The van der Waals surface area contributed by atoms with E-state index in [9.17, 15) is 9.90 Å². The van der Waals surface area contributed by atoms with Crippen molar-refractivity contribution in [1.29, 1.82) is 0 Å². The van der Waals surface area contributed by atoms with Gasteiger partial charge in [-0.05, 0) is 91.8 Å². The number of rotatable bonds is 4. The molecule has 2 saturated carbocycles. The number of anilines is 1. The topological polar surface area (TPSA) is 58.6 Å². The molecule has 0 bridgehead atoms. The summed E-state index contributed by atoms with van der Waals surface area (Å²) in [6.45, 7) is 0. The molecule has 2 N–H and O–H groups in total. The Morgan fingerprint density at radius 2 is 1.77 bits per heavy atom. The second-order valence-electron chi connectivity index (χ2n) is 9.79. The van der Waals surface area contributed by atoms with Crippen molar-refractivity contribution < 1.29 is 14.6 Å². The van der Waals surface area contributed by atoms with Crippen LogP contribution >= 0.6 is 11.6 Å². The quantitative estimate of drug-likeness (QED) is 0.594. The summed E-state index contributed by atoms with van der Waals surface area (Å²) in [6.07, 6.45) is 9.13. The SMILES string of the molecule is COc1ccc2c(c1)C1(CCC(Nc3cccc(Cl)c3)(C(=O)O)CC1)C1(CCCC1)C2. The van der Waals surface area contributed by atoms with Crippen molar-refractivity contribution in [2.24, 2.45) is 5.41 Å². The highest BCUT2D eigenvalue weighted by atomic mass is 35.5. The minimum absolute atomic E-state index is 0.0440. The zero-order valence-electron chi connectivity index (χ0n) is 18.0. The lowest BCUT2D eigenvalue weighted by atomic mass is 9.54. The van der Waals surface area contributed by atoms with E-state index in [2.05, 4.69) is 23.5 Å². The van der Waals surface area contributed by atoms with E-state index in [4.69, 9.17) is 16.3 Å². The Hall–Kier alpha value is -2.20. The van der Waals surface area contributed by atoms with Crippen LogP contribution in [0.15, 0.2) is 42.5 Å². The molecule has 0 aromatic heterocycles. The van der Waals surface area contributed by atoms with Gasteiger partial charge in [-0.15, -0.1) is 0 Å². The highest BCUT2D eigenvalue weighted by Gasteiger charge is 2.61. The first-order valence-corrected chi connectivity index (χ1v) is 11.7. The number of ether oxygens (including phenoxy) is 1. The lowest BCUT2D eigenvalue weighted by molar-refractivity contribution is -0.144. The van der Waals surface area contributed by atoms with E-state index in [1.165, 1.54) is 36.8 Å². The summed E-state index contributed by atoms with van der Waals surface area (Å²) in [4.78, 5) is 12.5. The van der Waals surface area contributed by atoms with Crippen LogP contribution in [-0.2, 0) is 16.6 Å². The maximum absolute atomic E-state index is 12.5. The van der Waals surface area contributed by atoms with Gasteiger partial charge >= 0.3 is 5.97 Å². The van der Waals surface area contributed by atoms with Crippen molar-refractivity contribution in [3.05, 3.63) is 58.6 Å². The second kappa shape index (κ2) is 7.44. The molecule has 0 saturated heterocycles. The van der Waals surface area contributed by atoms with Gasteiger partial charge in [0.15, 0.2) is 0 Å². The van der Waals surface area contributed by atoms with Gasteiger partial charge in [0.25, 0.3) is 0 Å². The van der Waals surface area contributed by atoms with Gasteiger partial charge in [-0.3, -0.25) is 0 Å². The second-order valence-corrected chi connectivity index (χ2v) is 10.2. The molecular weight excluding hydrogens is 410 g/mol. The summed E-state index contributed by atoms with van der Waals surface area (Å²) in [5.74, 6) is 0.131. The number of carboxylic acid groups (broad SMARTS) is 1. The Morgan fingerprint density at radius 1 is 1.03 bits per heavy atom. The van der Waals surface area contributed by atoms with Gasteiger partial charge in [0.1, 0.15) is 11.3 Å². The largest absolute Gasteiger partial charge is 0.497 e. The summed E-state index contributed by atoms with van der Waals surface area (Å²) in [6, 6.07) is 13.9. The zero-order valence-corrected chi connectivity index (χ0v) is 18.8. The van der Waals surface area contributed by atoms with Crippen molar-refractivity contribution in [1.82, 2.24) is 0 Å². The minimum Gasteiger partial charge on any atom is -0.497 e. The number of fused-ring (bicyclic) bond motifs is 3. The Morgan fingerprint density at radius 3 is 2.42 bits per heavy atom. The lowest BCUT2D eigenvalue weighted by Crippen LogP contribution is -2.55. The third kappa shape index (κ3) is 3.14. The molecule has 0 unspecified atom stereocenters.